The van der Waals surface area contributed by atoms with E-state index in [-0.39, 0.29) is 12.4 Å². The Morgan fingerprint density at radius 2 is 1.53 bits per heavy atom. The highest BCUT2D eigenvalue weighted by molar-refractivity contribution is 7.13. The van der Waals surface area contributed by atoms with Crippen molar-refractivity contribution in [2.24, 2.45) is 0 Å². The summed E-state index contributed by atoms with van der Waals surface area (Å²) >= 11 is 1.53. The number of benzene rings is 2. The van der Waals surface area contributed by atoms with Crippen LogP contribution < -0.4 is 14.8 Å². The molecule has 0 aliphatic heterocycles. The second-order valence-electron chi connectivity index (χ2n) is 6.49. The molecular formula is C23H22ClN3O2S. The summed E-state index contributed by atoms with van der Waals surface area (Å²) in [5.41, 5.74) is 3.14. The minimum absolute atomic E-state index is 0. The van der Waals surface area contributed by atoms with Crippen LogP contribution in [0, 0.1) is 6.92 Å². The van der Waals surface area contributed by atoms with Crippen molar-refractivity contribution in [1.82, 2.24) is 9.97 Å². The molecule has 0 saturated carbocycles. The van der Waals surface area contributed by atoms with Gasteiger partial charge in [0.05, 0.1) is 11.9 Å². The maximum Gasteiger partial charge on any atom is 0.188 e. The highest BCUT2D eigenvalue weighted by atomic mass is 35.5. The monoisotopic (exact) mass is 439 g/mol. The number of aryl methyl sites for hydroxylation is 1. The molecule has 0 bridgehead atoms. The molecule has 0 saturated heterocycles. The molecule has 0 spiro atoms. The second-order valence-corrected chi connectivity index (χ2v) is 7.34. The highest BCUT2D eigenvalue weighted by Crippen LogP contribution is 2.31. The van der Waals surface area contributed by atoms with Crippen LogP contribution in [0.1, 0.15) is 16.8 Å². The van der Waals surface area contributed by atoms with Crippen molar-refractivity contribution < 1.29 is 9.47 Å². The first kappa shape index (κ1) is 21.6. The van der Waals surface area contributed by atoms with Crippen molar-refractivity contribution >= 4 is 34.7 Å². The molecule has 0 fully saturated rings. The summed E-state index contributed by atoms with van der Waals surface area (Å²) in [5.74, 6) is 1.88. The van der Waals surface area contributed by atoms with Crippen molar-refractivity contribution in [2.75, 3.05) is 5.32 Å². The molecule has 0 aliphatic rings. The van der Waals surface area contributed by atoms with Gasteiger partial charge < -0.3 is 14.8 Å². The van der Waals surface area contributed by atoms with Gasteiger partial charge in [0.2, 0.25) is 0 Å². The van der Waals surface area contributed by atoms with Crippen LogP contribution in [0.25, 0.3) is 0 Å². The molecule has 1 N–H and O–H groups in total. The Morgan fingerprint density at radius 1 is 0.900 bits per heavy atom. The molecule has 0 unspecified atom stereocenters. The smallest absolute Gasteiger partial charge is 0.188 e. The number of nitrogens with zero attached hydrogens (tertiary/aromatic N) is 2. The largest absolute Gasteiger partial charge is 0.487 e. The van der Waals surface area contributed by atoms with E-state index in [4.69, 9.17) is 9.47 Å². The first-order valence-electron chi connectivity index (χ1n) is 9.29. The Hall–Kier alpha value is -3.09. The van der Waals surface area contributed by atoms with E-state index in [2.05, 4.69) is 15.3 Å². The van der Waals surface area contributed by atoms with E-state index in [1.807, 2.05) is 79.0 Å². The first-order valence-corrected chi connectivity index (χ1v) is 10.2. The van der Waals surface area contributed by atoms with Crippen LogP contribution in [0.3, 0.4) is 0 Å². The molecule has 2 aromatic carbocycles. The number of rotatable bonds is 8. The lowest BCUT2D eigenvalue weighted by atomic mass is 10.2. The third kappa shape index (κ3) is 5.95. The van der Waals surface area contributed by atoms with Crippen molar-refractivity contribution in [1.29, 1.82) is 0 Å². The number of nitrogens with one attached hydrogen (secondary N) is 1. The topological polar surface area (TPSA) is 56.3 Å². The van der Waals surface area contributed by atoms with Crippen molar-refractivity contribution in [3.63, 3.8) is 0 Å². The Bertz CT molecular complexity index is 1060. The van der Waals surface area contributed by atoms with Gasteiger partial charge in [-0.05, 0) is 18.1 Å². The molecule has 30 heavy (non-hydrogen) atoms. The maximum absolute atomic E-state index is 6.07. The van der Waals surface area contributed by atoms with Gasteiger partial charge in [0.15, 0.2) is 16.7 Å². The number of ether oxygens (including phenoxy) is 2. The van der Waals surface area contributed by atoms with E-state index in [0.29, 0.717) is 30.5 Å². The fourth-order valence-corrected chi connectivity index (χ4v) is 3.39. The fourth-order valence-electron chi connectivity index (χ4n) is 2.70. The molecule has 0 amide bonds. The van der Waals surface area contributed by atoms with E-state index in [9.17, 15) is 0 Å². The van der Waals surface area contributed by atoms with Crippen LogP contribution in [-0.2, 0) is 13.2 Å². The van der Waals surface area contributed by atoms with Crippen molar-refractivity contribution in [2.45, 2.75) is 20.1 Å². The molecule has 0 atom stereocenters. The lowest BCUT2D eigenvalue weighted by Crippen LogP contribution is -2.03. The second kappa shape index (κ2) is 10.6. The first-order chi connectivity index (χ1) is 14.3. The lowest BCUT2D eigenvalue weighted by Gasteiger charge is -2.13. The summed E-state index contributed by atoms with van der Waals surface area (Å²) in [6, 6.07) is 21.9. The van der Waals surface area contributed by atoms with Gasteiger partial charge in [0, 0.05) is 11.4 Å². The van der Waals surface area contributed by atoms with Gasteiger partial charge in [0.1, 0.15) is 19.0 Å². The molecule has 4 aromatic rings. The zero-order valence-electron chi connectivity index (χ0n) is 16.4. The summed E-state index contributed by atoms with van der Waals surface area (Å²) in [4.78, 5) is 8.96. The van der Waals surface area contributed by atoms with E-state index in [0.717, 1.165) is 22.0 Å². The predicted octanol–water partition coefficient (Wildman–Crippen LogP) is 6.17. The summed E-state index contributed by atoms with van der Waals surface area (Å²) < 4.78 is 12.0. The normalized spacial score (nSPS) is 10.2. The minimum atomic E-state index is 0. The van der Waals surface area contributed by atoms with Crippen molar-refractivity contribution in [3.05, 3.63) is 95.1 Å². The van der Waals surface area contributed by atoms with Gasteiger partial charge in [-0.1, -0.05) is 60.7 Å². The molecule has 0 radical (unpaired) electrons. The molecular weight excluding hydrogens is 418 g/mol. The summed E-state index contributed by atoms with van der Waals surface area (Å²) in [5, 5.41) is 6.01. The van der Waals surface area contributed by atoms with Gasteiger partial charge in [0.25, 0.3) is 0 Å². The van der Waals surface area contributed by atoms with Gasteiger partial charge in [-0.15, -0.1) is 23.7 Å². The lowest BCUT2D eigenvalue weighted by molar-refractivity contribution is 0.289. The van der Waals surface area contributed by atoms with Crippen LogP contribution in [0.4, 0.5) is 10.9 Å². The Morgan fingerprint density at radius 3 is 2.13 bits per heavy atom. The summed E-state index contributed by atoms with van der Waals surface area (Å²) in [7, 11) is 0. The zero-order chi connectivity index (χ0) is 19.9. The molecule has 154 valence electrons. The fraction of sp³-hybridized carbons (Fsp3) is 0.130. The van der Waals surface area contributed by atoms with Crippen LogP contribution in [0.15, 0.2) is 78.3 Å². The standard InChI is InChI=1S/C23H21N3O2S.ClH/c1-17-16-29-23(25-17)26-22-21(28-15-19-10-6-3-7-11-19)12-20(13-24-22)27-14-18-8-4-2-5-9-18;/h2-13,16H,14-15H2,1H3,(H,24,25,26);1H. The molecule has 7 heteroatoms. The Labute approximate surface area is 186 Å². The molecule has 4 rings (SSSR count). The Kier molecular flexibility index (Phi) is 7.65. The van der Waals surface area contributed by atoms with Crippen molar-refractivity contribution in [3.8, 4) is 11.5 Å². The number of halogens is 1. The number of anilines is 2. The van der Waals surface area contributed by atoms with Crippen LogP contribution in [-0.4, -0.2) is 9.97 Å². The molecule has 0 aliphatic carbocycles. The van der Waals surface area contributed by atoms with Crippen LogP contribution >= 0.6 is 23.7 Å². The van der Waals surface area contributed by atoms with E-state index in [1.54, 1.807) is 6.20 Å². The van der Waals surface area contributed by atoms with Gasteiger partial charge in [-0.2, -0.15) is 0 Å². The van der Waals surface area contributed by atoms with E-state index < -0.39 is 0 Å². The van der Waals surface area contributed by atoms with Crippen LogP contribution in [0.5, 0.6) is 11.5 Å². The van der Waals surface area contributed by atoms with Gasteiger partial charge in [-0.3, -0.25) is 0 Å². The molecule has 2 aromatic heterocycles. The number of hydrogen-bond acceptors (Lipinski definition) is 6. The average molecular weight is 440 g/mol. The number of thiazole rings is 1. The molecule has 2 heterocycles. The number of hydrogen-bond donors (Lipinski definition) is 1. The molecule has 5 nitrogen and oxygen atoms in total. The summed E-state index contributed by atoms with van der Waals surface area (Å²) in [6.45, 7) is 2.87. The third-order valence-electron chi connectivity index (χ3n) is 4.16. The van der Waals surface area contributed by atoms with Crippen LogP contribution in [0.2, 0.25) is 0 Å². The number of aromatic nitrogens is 2. The SMILES string of the molecule is Cc1csc(Nc2ncc(OCc3ccccc3)cc2OCc2ccccc2)n1.Cl. The average Bonchev–Trinajstić information content (AvgIpc) is 3.18. The third-order valence-corrected chi connectivity index (χ3v) is 5.03. The van der Waals surface area contributed by atoms with Gasteiger partial charge >= 0.3 is 0 Å². The quantitative estimate of drug-likeness (QED) is 0.355. The Balaban J connectivity index is 0.00000256. The zero-order valence-corrected chi connectivity index (χ0v) is 18.1. The summed E-state index contributed by atoms with van der Waals surface area (Å²) in [6.07, 6.45) is 1.70. The van der Waals surface area contributed by atoms with Gasteiger partial charge in [-0.25, -0.2) is 9.97 Å². The number of pyridine rings is 1. The highest BCUT2D eigenvalue weighted by Gasteiger charge is 2.11. The maximum atomic E-state index is 6.07. The predicted molar refractivity (Wildman–Crippen MR) is 123 cm³/mol. The van der Waals surface area contributed by atoms with E-state index >= 15 is 0 Å². The minimum Gasteiger partial charge on any atom is -0.487 e. The van der Waals surface area contributed by atoms with E-state index in [1.165, 1.54) is 11.3 Å².